The van der Waals surface area contributed by atoms with Gasteiger partial charge in [0, 0.05) is 47.7 Å². The van der Waals surface area contributed by atoms with Crippen LogP contribution in [0.15, 0.2) is 48.3 Å². The lowest BCUT2D eigenvalue weighted by Gasteiger charge is -2.27. The third kappa shape index (κ3) is 2.83. The van der Waals surface area contributed by atoms with Crippen molar-refractivity contribution in [3.63, 3.8) is 0 Å². The van der Waals surface area contributed by atoms with E-state index in [2.05, 4.69) is 41.8 Å². The summed E-state index contributed by atoms with van der Waals surface area (Å²) in [4.78, 5) is 2.40. The van der Waals surface area contributed by atoms with Crippen LogP contribution in [-0.4, -0.2) is 44.9 Å². The molecule has 5 unspecified atom stereocenters. The van der Waals surface area contributed by atoms with Crippen LogP contribution in [0.5, 0.6) is 5.75 Å². The van der Waals surface area contributed by atoms with E-state index in [-0.39, 0.29) is 0 Å². The van der Waals surface area contributed by atoms with Gasteiger partial charge in [0.1, 0.15) is 11.5 Å². The molecule has 4 aliphatic rings. The molecule has 0 spiro atoms. The van der Waals surface area contributed by atoms with Gasteiger partial charge in [-0.1, -0.05) is 12.2 Å². The van der Waals surface area contributed by atoms with Crippen molar-refractivity contribution in [1.82, 2.24) is 9.47 Å². The molecule has 4 N–H and O–H groups in total. The molecule has 2 fully saturated rings. The van der Waals surface area contributed by atoms with Crippen LogP contribution in [0.1, 0.15) is 24.1 Å². The number of hydrogen-bond donors (Lipinski definition) is 3. The largest absolute Gasteiger partial charge is 0.508 e. The molecule has 0 bridgehead atoms. The Kier molecular flexibility index (Phi) is 4.33. The van der Waals surface area contributed by atoms with Crippen molar-refractivity contribution >= 4 is 17.0 Å². The highest BCUT2D eigenvalue weighted by atomic mass is 16.3. The molecule has 1 aliphatic heterocycles. The number of likely N-dealkylation sites (tertiary alicyclic amines) is 1. The Morgan fingerprint density at radius 3 is 2.76 bits per heavy atom. The minimum atomic E-state index is 0.314. The number of hydrogen-bond acceptors (Lipinski definition) is 4. The maximum absolute atomic E-state index is 9.55. The second kappa shape index (κ2) is 6.78. The van der Waals surface area contributed by atoms with Gasteiger partial charge in [-0.05, 0) is 74.2 Å². The van der Waals surface area contributed by atoms with Gasteiger partial charge in [0.2, 0.25) is 0 Å². The molecule has 1 saturated heterocycles. The Labute approximate surface area is 171 Å². The number of aromatic nitrogens is 1. The highest BCUT2D eigenvalue weighted by Crippen LogP contribution is 2.46. The number of nitrogens with two attached hydrogens (primary N) is 1. The smallest absolute Gasteiger partial charge is 0.116 e. The molecule has 2 aromatic rings. The molecule has 29 heavy (non-hydrogen) atoms. The molecular weight excluding hydrogens is 362 g/mol. The Bertz CT molecular complexity index is 1050. The van der Waals surface area contributed by atoms with Crippen LogP contribution in [-0.2, 0) is 13.5 Å². The van der Waals surface area contributed by atoms with Gasteiger partial charge in [0.25, 0.3) is 0 Å². The number of aromatic hydroxyl groups is 1. The molecule has 5 heteroatoms. The molecule has 1 saturated carbocycles. The molecule has 3 aliphatic carbocycles. The fourth-order valence-electron chi connectivity index (χ4n) is 5.97. The lowest BCUT2D eigenvalue weighted by atomic mass is 9.85. The summed E-state index contributed by atoms with van der Waals surface area (Å²) in [5.74, 6) is 1.88. The predicted molar refractivity (Wildman–Crippen MR) is 117 cm³/mol. The summed E-state index contributed by atoms with van der Waals surface area (Å²) >= 11 is 0. The Balaban J connectivity index is 0.000000125. The summed E-state index contributed by atoms with van der Waals surface area (Å²) in [6.45, 7) is 0. The van der Waals surface area contributed by atoms with Gasteiger partial charge in [-0.2, -0.15) is 0 Å². The van der Waals surface area contributed by atoms with Crippen LogP contribution in [0.2, 0.25) is 0 Å². The second-order valence-corrected chi connectivity index (χ2v) is 8.81. The molecule has 0 radical (unpaired) electrons. The topological polar surface area (TPSA) is 74.6 Å². The van der Waals surface area contributed by atoms with E-state index in [1.54, 1.807) is 6.07 Å². The number of likely N-dealkylation sites (N-methyl/N-ethyl adjacent to an activating group) is 1. The maximum Gasteiger partial charge on any atom is 0.116 e. The number of aliphatic hydroxyl groups excluding tert-OH is 1. The van der Waals surface area contributed by atoms with Crippen molar-refractivity contribution in [2.24, 2.45) is 24.6 Å². The molecular formula is C24H29N3O2. The zero-order valence-electron chi connectivity index (χ0n) is 17.0. The van der Waals surface area contributed by atoms with Crippen LogP contribution in [0.3, 0.4) is 0 Å². The first-order valence-corrected chi connectivity index (χ1v) is 10.5. The number of aryl methyl sites for hydroxylation is 1. The van der Waals surface area contributed by atoms with Crippen LogP contribution in [0, 0.1) is 11.8 Å². The van der Waals surface area contributed by atoms with Gasteiger partial charge in [-0.25, -0.2) is 0 Å². The number of nitrogens with zero attached hydrogens (tertiary/aromatic N) is 2. The highest BCUT2D eigenvalue weighted by Gasteiger charge is 2.51. The Morgan fingerprint density at radius 1 is 1.10 bits per heavy atom. The van der Waals surface area contributed by atoms with Crippen molar-refractivity contribution in [2.45, 2.75) is 37.4 Å². The first-order chi connectivity index (χ1) is 14.0. The molecule has 0 amide bonds. The zero-order chi connectivity index (χ0) is 20.3. The normalized spacial score (nSPS) is 32.0. The number of phenols is 1. The van der Waals surface area contributed by atoms with E-state index in [4.69, 9.17) is 5.73 Å². The summed E-state index contributed by atoms with van der Waals surface area (Å²) < 4.78 is 2.17. The summed E-state index contributed by atoms with van der Waals surface area (Å²) in [5.41, 5.74) is 9.94. The molecule has 1 aromatic heterocycles. The zero-order valence-corrected chi connectivity index (χ0v) is 17.0. The first-order valence-electron chi connectivity index (χ1n) is 10.5. The average molecular weight is 392 g/mol. The third-order valence-corrected chi connectivity index (χ3v) is 7.30. The van der Waals surface area contributed by atoms with E-state index in [1.807, 2.05) is 24.3 Å². The predicted octanol–water partition coefficient (Wildman–Crippen LogP) is 3.49. The number of rotatable bonds is 0. The first kappa shape index (κ1) is 18.5. The lowest BCUT2D eigenvalue weighted by molar-refractivity contribution is 0.239. The summed E-state index contributed by atoms with van der Waals surface area (Å²) in [5, 5.41) is 20.2. The van der Waals surface area contributed by atoms with Gasteiger partial charge in [0.05, 0.1) is 0 Å². The summed E-state index contributed by atoms with van der Waals surface area (Å²) in [7, 11) is 4.22. The lowest BCUT2D eigenvalue weighted by Crippen LogP contribution is -2.43. The molecule has 6 rings (SSSR count). The van der Waals surface area contributed by atoms with Crippen molar-refractivity contribution in [3.8, 4) is 5.75 Å². The SMILES string of the molecule is CN1C2C=CC(O)=CC2C2CCC(N)C21.Cn1c2c(c3cc(O)ccc31)CC=C2. The molecule has 5 atom stereocenters. The van der Waals surface area contributed by atoms with Crippen LogP contribution >= 0.6 is 0 Å². The minimum absolute atomic E-state index is 0.314. The van der Waals surface area contributed by atoms with Crippen LogP contribution < -0.4 is 5.73 Å². The fraction of sp³-hybridized carbons (Fsp3) is 0.417. The van der Waals surface area contributed by atoms with E-state index in [0.717, 1.165) is 12.8 Å². The highest BCUT2D eigenvalue weighted by molar-refractivity contribution is 5.90. The van der Waals surface area contributed by atoms with Gasteiger partial charge in [-0.3, -0.25) is 4.90 Å². The minimum Gasteiger partial charge on any atom is -0.508 e. The number of aliphatic hydroxyl groups is 1. The van der Waals surface area contributed by atoms with Gasteiger partial charge >= 0.3 is 0 Å². The van der Waals surface area contributed by atoms with Crippen LogP contribution in [0.4, 0.5) is 0 Å². The van der Waals surface area contributed by atoms with Gasteiger partial charge in [0.15, 0.2) is 0 Å². The summed E-state index contributed by atoms with van der Waals surface area (Å²) in [6.07, 6.45) is 13.6. The number of benzene rings is 1. The van der Waals surface area contributed by atoms with E-state index >= 15 is 0 Å². The van der Waals surface area contributed by atoms with E-state index in [1.165, 1.54) is 28.6 Å². The van der Waals surface area contributed by atoms with Gasteiger partial charge < -0.3 is 20.5 Å². The van der Waals surface area contributed by atoms with Crippen molar-refractivity contribution < 1.29 is 10.2 Å². The number of allylic oxidation sites excluding steroid dienone is 2. The number of phenolic OH excluding ortho intramolecular Hbond substituents is 1. The van der Waals surface area contributed by atoms with Crippen molar-refractivity contribution in [3.05, 3.63) is 59.5 Å². The number of fused-ring (bicyclic) bond motifs is 6. The molecule has 1 aromatic carbocycles. The molecule has 2 heterocycles. The van der Waals surface area contributed by atoms with E-state index in [0.29, 0.717) is 41.5 Å². The monoisotopic (exact) mass is 391 g/mol. The molecule has 5 nitrogen and oxygen atoms in total. The quantitative estimate of drug-likeness (QED) is 0.643. The molecule has 152 valence electrons. The Morgan fingerprint density at radius 2 is 1.93 bits per heavy atom. The maximum atomic E-state index is 9.55. The van der Waals surface area contributed by atoms with Crippen LogP contribution in [0.25, 0.3) is 17.0 Å². The standard InChI is InChI=1S/C12H18N2O.C12H11NO/c1-14-11-5-2-7(15)6-9(11)8-3-4-10(13)12(8)14;1-13-11-4-2-3-9(11)10-7-8(14)5-6-12(10)13/h2,5-6,8-12,15H,3-4,13H2,1H3;2,4-7,14H,3H2,1H3. The van der Waals surface area contributed by atoms with Crippen molar-refractivity contribution in [1.29, 1.82) is 0 Å². The summed E-state index contributed by atoms with van der Waals surface area (Å²) in [6, 6.07) is 6.82. The second-order valence-electron chi connectivity index (χ2n) is 8.81. The fourth-order valence-corrected chi connectivity index (χ4v) is 5.97. The average Bonchev–Trinajstić information content (AvgIpc) is 3.43. The van der Waals surface area contributed by atoms with E-state index < -0.39 is 0 Å². The van der Waals surface area contributed by atoms with Crippen molar-refractivity contribution in [2.75, 3.05) is 7.05 Å². The van der Waals surface area contributed by atoms with E-state index in [9.17, 15) is 10.2 Å². The Hall–Kier alpha value is -2.50. The van der Waals surface area contributed by atoms with Gasteiger partial charge in [-0.15, -0.1) is 0 Å². The third-order valence-electron chi connectivity index (χ3n) is 7.30.